The van der Waals surface area contributed by atoms with Crippen LogP contribution in [0.25, 0.3) is 11.3 Å². The number of likely N-dealkylation sites (N-methyl/N-ethyl adjacent to an activating group) is 1. The fraction of sp³-hybridized carbons (Fsp3) is 0.118. The summed E-state index contributed by atoms with van der Waals surface area (Å²) in [5, 5.41) is 0.504. The molecular weight excluding hydrogens is 298 g/mol. The van der Waals surface area contributed by atoms with Crippen molar-refractivity contribution in [3.8, 4) is 11.3 Å². The largest absolute Gasteiger partial charge is 0.340 e. The lowest BCUT2D eigenvalue weighted by atomic mass is 10.2. The van der Waals surface area contributed by atoms with E-state index in [9.17, 15) is 4.79 Å². The van der Waals surface area contributed by atoms with Crippen molar-refractivity contribution in [3.63, 3.8) is 0 Å². The Bertz CT molecular complexity index is 740. The topological polar surface area (TPSA) is 38.1 Å². The van der Waals surface area contributed by atoms with Gasteiger partial charge in [-0.1, -0.05) is 41.9 Å². The SMILES string of the molecule is CN1C=C(Cl)C=C=CC1=O.Cn1cnc(-c2ccccc2)c1. The van der Waals surface area contributed by atoms with Crippen LogP contribution in [0.3, 0.4) is 0 Å². The first-order valence-electron chi connectivity index (χ1n) is 6.66. The van der Waals surface area contributed by atoms with Crippen LogP contribution in [0.5, 0.6) is 0 Å². The molecule has 5 heteroatoms. The number of hydrogen-bond donors (Lipinski definition) is 0. The normalized spacial score (nSPS) is 13.3. The average Bonchev–Trinajstić information content (AvgIpc) is 2.89. The van der Waals surface area contributed by atoms with Crippen molar-refractivity contribution in [2.75, 3.05) is 7.05 Å². The van der Waals surface area contributed by atoms with Crippen LogP contribution in [0.1, 0.15) is 0 Å². The molecule has 0 bridgehead atoms. The third-order valence-corrected chi connectivity index (χ3v) is 3.07. The Kier molecular flexibility index (Phi) is 5.37. The van der Waals surface area contributed by atoms with Crippen LogP contribution in [0.15, 0.2) is 72.0 Å². The zero-order chi connectivity index (χ0) is 15.9. The van der Waals surface area contributed by atoms with Crippen LogP contribution in [-0.2, 0) is 11.8 Å². The molecule has 0 atom stereocenters. The number of aryl methyl sites for hydroxylation is 1. The second-order valence-corrected chi connectivity index (χ2v) is 5.15. The van der Waals surface area contributed by atoms with Gasteiger partial charge < -0.3 is 9.47 Å². The van der Waals surface area contributed by atoms with Gasteiger partial charge >= 0.3 is 0 Å². The van der Waals surface area contributed by atoms with Gasteiger partial charge in [0, 0.05) is 44.2 Å². The smallest absolute Gasteiger partial charge is 0.258 e. The predicted molar refractivity (Wildman–Crippen MR) is 88.0 cm³/mol. The van der Waals surface area contributed by atoms with Gasteiger partial charge in [-0.2, -0.15) is 0 Å². The summed E-state index contributed by atoms with van der Waals surface area (Å²) in [6, 6.07) is 10.2. The number of aromatic nitrogens is 2. The highest BCUT2D eigenvalue weighted by Gasteiger charge is 2.03. The maximum Gasteiger partial charge on any atom is 0.258 e. The molecular formula is C17H16ClN3O. The van der Waals surface area contributed by atoms with Crippen molar-refractivity contribution in [2.24, 2.45) is 7.05 Å². The zero-order valence-electron chi connectivity index (χ0n) is 12.4. The summed E-state index contributed by atoms with van der Waals surface area (Å²) in [6.07, 6.45) is 8.24. The minimum absolute atomic E-state index is 0.119. The lowest BCUT2D eigenvalue weighted by molar-refractivity contribution is -0.122. The van der Waals surface area contributed by atoms with E-state index >= 15 is 0 Å². The predicted octanol–water partition coefficient (Wildman–Crippen LogP) is 3.34. The first kappa shape index (κ1) is 15.8. The monoisotopic (exact) mass is 313 g/mol. The number of hydrogen-bond acceptors (Lipinski definition) is 2. The van der Waals surface area contributed by atoms with E-state index < -0.39 is 0 Å². The minimum Gasteiger partial charge on any atom is -0.340 e. The minimum atomic E-state index is -0.119. The Hall–Kier alpha value is -2.55. The summed E-state index contributed by atoms with van der Waals surface area (Å²) in [7, 11) is 3.61. The summed E-state index contributed by atoms with van der Waals surface area (Å²) in [6.45, 7) is 0. The number of benzene rings is 1. The third kappa shape index (κ3) is 4.48. The summed E-state index contributed by atoms with van der Waals surface area (Å²) >= 11 is 5.61. The molecule has 0 N–H and O–H groups in total. The van der Waals surface area contributed by atoms with Crippen molar-refractivity contribution in [1.82, 2.24) is 14.5 Å². The van der Waals surface area contributed by atoms with E-state index in [-0.39, 0.29) is 5.91 Å². The highest BCUT2D eigenvalue weighted by molar-refractivity contribution is 6.31. The molecule has 2 aromatic rings. The van der Waals surface area contributed by atoms with Crippen molar-refractivity contribution in [3.05, 3.63) is 72.0 Å². The lowest BCUT2D eigenvalue weighted by Gasteiger charge is -2.06. The van der Waals surface area contributed by atoms with Gasteiger partial charge in [-0.05, 0) is 0 Å². The van der Waals surface area contributed by atoms with Gasteiger partial charge in [0.25, 0.3) is 5.91 Å². The molecule has 1 aromatic carbocycles. The summed E-state index contributed by atoms with van der Waals surface area (Å²) in [4.78, 5) is 16.5. The second kappa shape index (κ2) is 7.46. The molecule has 0 unspecified atom stereocenters. The Morgan fingerprint density at radius 2 is 1.86 bits per heavy atom. The number of allylic oxidation sites excluding steroid dienone is 1. The second-order valence-electron chi connectivity index (χ2n) is 4.71. The molecule has 3 rings (SSSR count). The van der Waals surface area contributed by atoms with Crippen LogP contribution >= 0.6 is 11.6 Å². The molecule has 4 nitrogen and oxygen atoms in total. The van der Waals surface area contributed by atoms with E-state index in [2.05, 4.69) is 22.8 Å². The molecule has 0 fully saturated rings. The molecule has 1 aliphatic heterocycles. The van der Waals surface area contributed by atoms with Crippen LogP contribution in [-0.4, -0.2) is 27.4 Å². The van der Waals surface area contributed by atoms with Crippen molar-refractivity contribution < 1.29 is 4.79 Å². The molecule has 22 heavy (non-hydrogen) atoms. The summed E-state index contributed by atoms with van der Waals surface area (Å²) in [5.74, 6) is -0.119. The maximum absolute atomic E-state index is 10.8. The van der Waals surface area contributed by atoms with E-state index in [1.165, 1.54) is 11.0 Å². The molecule has 0 saturated heterocycles. The number of carbonyl (C=O) groups is 1. The van der Waals surface area contributed by atoms with Gasteiger partial charge in [0.1, 0.15) is 0 Å². The number of carbonyl (C=O) groups excluding carboxylic acids is 1. The molecule has 0 spiro atoms. The third-order valence-electron chi connectivity index (χ3n) is 2.87. The van der Waals surface area contributed by atoms with Crippen LogP contribution in [0.2, 0.25) is 0 Å². The first-order chi connectivity index (χ1) is 10.6. The maximum atomic E-state index is 10.8. The standard InChI is InChI=1S/C10H10N2.C7H6ClNO/c1-12-7-10(11-8-12)9-5-3-2-4-6-9;1-9-5-6(8)3-2-4-7(9)10/h2-8H,1H3;3-5H,1H3. The molecule has 0 saturated carbocycles. The zero-order valence-corrected chi connectivity index (χ0v) is 13.2. The van der Waals surface area contributed by atoms with Gasteiger partial charge in [-0.3, -0.25) is 4.79 Å². The number of rotatable bonds is 1. The van der Waals surface area contributed by atoms with E-state index in [0.717, 1.165) is 11.3 Å². The molecule has 2 heterocycles. The molecule has 112 valence electrons. The average molecular weight is 314 g/mol. The van der Waals surface area contributed by atoms with E-state index in [1.807, 2.05) is 42.3 Å². The number of halogens is 1. The van der Waals surface area contributed by atoms with Crippen molar-refractivity contribution in [2.45, 2.75) is 0 Å². The number of imidazole rings is 1. The van der Waals surface area contributed by atoms with Crippen molar-refractivity contribution in [1.29, 1.82) is 0 Å². The molecule has 1 aliphatic rings. The van der Waals surface area contributed by atoms with Gasteiger partial charge in [0.15, 0.2) is 0 Å². The van der Waals surface area contributed by atoms with Gasteiger partial charge in [-0.25, -0.2) is 4.98 Å². The van der Waals surface area contributed by atoms with E-state index in [1.54, 1.807) is 19.3 Å². The highest BCUT2D eigenvalue weighted by Crippen LogP contribution is 2.14. The fourth-order valence-corrected chi connectivity index (χ4v) is 1.96. The number of nitrogens with zero attached hydrogens (tertiary/aromatic N) is 3. The molecule has 1 amide bonds. The molecule has 0 radical (unpaired) electrons. The first-order valence-corrected chi connectivity index (χ1v) is 7.04. The highest BCUT2D eigenvalue weighted by atomic mass is 35.5. The summed E-state index contributed by atoms with van der Waals surface area (Å²) in [5.41, 5.74) is 4.83. The van der Waals surface area contributed by atoms with E-state index in [0.29, 0.717) is 5.03 Å². The van der Waals surface area contributed by atoms with Gasteiger partial charge in [-0.15, -0.1) is 5.73 Å². The lowest BCUT2D eigenvalue weighted by Crippen LogP contribution is -2.17. The Morgan fingerprint density at radius 3 is 2.50 bits per heavy atom. The fourth-order valence-electron chi connectivity index (χ4n) is 1.75. The van der Waals surface area contributed by atoms with Crippen LogP contribution < -0.4 is 0 Å². The number of amides is 1. The Morgan fingerprint density at radius 1 is 1.14 bits per heavy atom. The van der Waals surface area contributed by atoms with Gasteiger partial charge in [0.2, 0.25) is 0 Å². The van der Waals surface area contributed by atoms with E-state index in [4.69, 9.17) is 11.6 Å². The Balaban J connectivity index is 0.000000164. The molecule has 1 aromatic heterocycles. The van der Waals surface area contributed by atoms with Gasteiger partial charge in [0.05, 0.1) is 17.1 Å². The van der Waals surface area contributed by atoms with Crippen LogP contribution in [0, 0.1) is 0 Å². The Labute approximate surface area is 134 Å². The molecule has 0 aliphatic carbocycles. The quantitative estimate of drug-likeness (QED) is 0.757. The van der Waals surface area contributed by atoms with Crippen molar-refractivity contribution >= 4 is 17.5 Å². The van der Waals surface area contributed by atoms with Crippen LogP contribution in [0.4, 0.5) is 0 Å². The summed E-state index contributed by atoms with van der Waals surface area (Å²) < 4.78 is 1.95.